The molecule has 0 radical (unpaired) electrons. The lowest BCUT2D eigenvalue weighted by Gasteiger charge is -2.28. The summed E-state index contributed by atoms with van der Waals surface area (Å²) in [5.41, 5.74) is 3.25. The number of rotatable bonds is 6. The molecule has 2 heterocycles. The molecule has 0 spiro atoms. The molecule has 1 aromatic heterocycles. The van der Waals surface area contributed by atoms with Crippen molar-refractivity contribution in [1.29, 1.82) is 0 Å². The van der Waals surface area contributed by atoms with Crippen LogP contribution in [0.4, 0.5) is 0 Å². The summed E-state index contributed by atoms with van der Waals surface area (Å²) in [6.07, 6.45) is 1.80. The molecule has 29 heavy (non-hydrogen) atoms. The SMILES string of the molecule is CC(NC(=S)N(Cc1ccc2c(c1)OCO2)Cc1ccccn1)c1ccccc1. The van der Waals surface area contributed by atoms with Gasteiger partial charge in [0.2, 0.25) is 6.79 Å². The summed E-state index contributed by atoms with van der Waals surface area (Å²) in [5, 5.41) is 4.15. The first-order chi connectivity index (χ1) is 14.2. The van der Waals surface area contributed by atoms with Gasteiger partial charge in [-0.1, -0.05) is 42.5 Å². The maximum Gasteiger partial charge on any atom is 0.231 e. The third-order valence-corrected chi connectivity index (χ3v) is 5.19. The number of ether oxygens (including phenoxy) is 2. The third-order valence-electron chi connectivity index (χ3n) is 4.82. The first-order valence-corrected chi connectivity index (χ1v) is 9.99. The first kappa shape index (κ1) is 19.2. The predicted octanol–water partition coefficient (Wildman–Crippen LogP) is 4.45. The second kappa shape index (κ2) is 8.92. The molecule has 2 aromatic carbocycles. The van der Waals surface area contributed by atoms with E-state index >= 15 is 0 Å². The van der Waals surface area contributed by atoms with Gasteiger partial charge in [-0.15, -0.1) is 0 Å². The molecule has 1 atom stereocenters. The average Bonchev–Trinajstić information content (AvgIpc) is 3.22. The number of benzene rings is 2. The van der Waals surface area contributed by atoms with Crippen LogP contribution in [0.3, 0.4) is 0 Å². The van der Waals surface area contributed by atoms with Crippen molar-refractivity contribution in [2.45, 2.75) is 26.1 Å². The van der Waals surface area contributed by atoms with E-state index in [0.29, 0.717) is 18.2 Å². The van der Waals surface area contributed by atoms with E-state index in [1.807, 2.05) is 54.6 Å². The Morgan fingerprint density at radius 3 is 2.62 bits per heavy atom. The molecule has 3 aromatic rings. The highest BCUT2D eigenvalue weighted by molar-refractivity contribution is 7.80. The maximum absolute atomic E-state index is 5.78. The van der Waals surface area contributed by atoms with Crippen LogP contribution in [0.1, 0.15) is 29.8 Å². The molecule has 0 fully saturated rings. The number of hydrogen-bond acceptors (Lipinski definition) is 4. The topological polar surface area (TPSA) is 46.6 Å². The maximum atomic E-state index is 5.78. The summed E-state index contributed by atoms with van der Waals surface area (Å²) in [7, 11) is 0. The molecular formula is C23H23N3O2S. The van der Waals surface area contributed by atoms with Crippen molar-refractivity contribution >= 4 is 17.3 Å². The Hall–Kier alpha value is -3.12. The van der Waals surface area contributed by atoms with E-state index in [2.05, 4.69) is 34.3 Å². The molecule has 4 rings (SSSR count). The van der Waals surface area contributed by atoms with Gasteiger partial charge in [0.1, 0.15) is 0 Å². The number of nitrogens with one attached hydrogen (secondary N) is 1. The van der Waals surface area contributed by atoms with Crippen LogP contribution >= 0.6 is 12.2 Å². The lowest BCUT2D eigenvalue weighted by Crippen LogP contribution is -2.40. The Morgan fingerprint density at radius 1 is 1.03 bits per heavy atom. The van der Waals surface area contributed by atoms with E-state index < -0.39 is 0 Å². The zero-order chi connectivity index (χ0) is 20.1. The fourth-order valence-electron chi connectivity index (χ4n) is 3.25. The van der Waals surface area contributed by atoms with Gasteiger partial charge in [-0.25, -0.2) is 0 Å². The summed E-state index contributed by atoms with van der Waals surface area (Å²) in [5.74, 6) is 1.56. The fourth-order valence-corrected chi connectivity index (χ4v) is 3.55. The van der Waals surface area contributed by atoms with E-state index in [0.717, 1.165) is 22.8 Å². The number of pyridine rings is 1. The van der Waals surface area contributed by atoms with Crippen LogP contribution in [0.2, 0.25) is 0 Å². The number of thiocarbonyl (C=S) groups is 1. The minimum Gasteiger partial charge on any atom is -0.454 e. The van der Waals surface area contributed by atoms with Crippen LogP contribution in [-0.4, -0.2) is 21.8 Å². The zero-order valence-electron chi connectivity index (χ0n) is 16.2. The Kier molecular flexibility index (Phi) is 5.91. The van der Waals surface area contributed by atoms with E-state index in [1.54, 1.807) is 6.20 Å². The Labute approximate surface area is 176 Å². The molecule has 5 nitrogen and oxygen atoms in total. The molecule has 1 unspecified atom stereocenters. The molecule has 0 amide bonds. The van der Waals surface area contributed by atoms with Crippen molar-refractivity contribution < 1.29 is 9.47 Å². The largest absolute Gasteiger partial charge is 0.454 e. The van der Waals surface area contributed by atoms with Crippen LogP contribution < -0.4 is 14.8 Å². The van der Waals surface area contributed by atoms with E-state index in [4.69, 9.17) is 21.7 Å². The monoisotopic (exact) mass is 405 g/mol. The smallest absolute Gasteiger partial charge is 0.231 e. The van der Waals surface area contributed by atoms with Gasteiger partial charge in [0.05, 0.1) is 18.3 Å². The second-order valence-corrected chi connectivity index (χ2v) is 7.33. The summed E-state index contributed by atoms with van der Waals surface area (Å²) >= 11 is 5.78. The van der Waals surface area contributed by atoms with Crippen molar-refractivity contribution in [2.75, 3.05) is 6.79 Å². The van der Waals surface area contributed by atoms with Crippen molar-refractivity contribution in [2.24, 2.45) is 0 Å². The Morgan fingerprint density at radius 2 is 1.83 bits per heavy atom. The molecule has 1 aliphatic heterocycles. The van der Waals surface area contributed by atoms with Crippen molar-refractivity contribution in [3.63, 3.8) is 0 Å². The highest BCUT2D eigenvalue weighted by Crippen LogP contribution is 2.33. The lowest BCUT2D eigenvalue weighted by molar-refractivity contribution is 0.174. The predicted molar refractivity (Wildman–Crippen MR) is 117 cm³/mol. The van der Waals surface area contributed by atoms with Crippen molar-refractivity contribution in [3.8, 4) is 11.5 Å². The summed E-state index contributed by atoms with van der Waals surface area (Å²) in [6, 6.07) is 22.3. The number of hydrogen-bond donors (Lipinski definition) is 1. The molecule has 148 valence electrons. The summed E-state index contributed by atoms with van der Waals surface area (Å²) < 4.78 is 10.9. The standard InChI is InChI=1S/C23H23N3O2S/c1-17(19-7-3-2-4-8-19)25-23(29)26(15-20-9-5-6-12-24-20)14-18-10-11-21-22(13-18)28-16-27-21/h2-13,17H,14-16H2,1H3,(H,25,29). The van der Waals surface area contributed by atoms with E-state index in [1.165, 1.54) is 5.56 Å². The fraction of sp³-hybridized carbons (Fsp3) is 0.217. The van der Waals surface area contributed by atoms with Crippen molar-refractivity contribution in [3.05, 3.63) is 89.7 Å². The Balaban J connectivity index is 1.52. The number of aromatic nitrogens is 1. The third kappa shape index (κ3) is 4.84. The van der Waals surface area contributed by atoms with Gasteiger partial charge >= 0.3 is 0 Å². The molecule has 0 saturated carbocycles. The second-order valence-electron chi connectivity index (χ2n) is 6.95. The molecule has 1 N–H and O–H groups in total. The van der Waals surface area contributed by atoms with Gasteiger partial charge in [0, 0.05) is 12.7 Å². The first-order valence-electron chi connectivity index (χ1n) is 9.58. The van der Waals surface area contributed by atoms with E-state index in [-0.39, 0.29) is 12.8 Å². The minimum atomic E-state index is 0.103. The molecule has 0 aliphatic carbocycles. The van der Waals surface area contributed by atoms with E-state index in [9.17, 15) is 0 Å². The molecule has 1 aliphatic rings. The van der Waals surface area contributed by atoms with Crippen LogP contribution in [0.15, 0.2) is 72.9 Å². The van der Waals surface area contributed by atoms with Crippen molar-refractivity contribution in [1.82, 2.24) is 15.2 Å². The Bertz CT molecular complexity index is 966. The average molecular weight is 406 g/mol. The summed E-state index contributed by atoms with van der Waals surface area (Å²) in [6.45, 7) is 3.63. The zero-order valence-corrected chi connectivity index (χ0v) is 17.1. The van der Waals surface area contributed by atoms with Crippen LogP contribution in [0, 0.1) is 0 Å². The lowest BCUT2D eigenvalue weighted by atomic mass is 10.1. The van der Waals surface area contributed by atoms with Gasteiger partial charge in [-0.2, -0.15) is 0 Å². The van der Waals surface area contributed by atoms with Gasteiger partial charge in [0.25, 0.3) is 0 Å². The molecule has 0 bridgehead atoms. The van der Waals surface area contributed by atoms with Crippen LogP contribution in [0.25, 0.3) is 0 Å². The van der Waals surface area contributed by atoms with Crippen LogP contribution in [-0.2, 0) is 13.1 Å². The van der Waals surface area contributed by atoms with Crippen LogP contribution in [0.5, 0.6) is 11.5 Å². The number of fused-ring (bicyclic) bond motifs is 1. The van der Waals surface area contributed by atoms with Gasteiger partial charge in [-0.05, 0) is 54.5 Å². The number of nitrogens with zero attached hydrogens (tertiary/aromatic N) is 2. The molecule has 0 saturated heterocycles. The van der Waals surface area contributed by atoms with Gasteiger partial charge in [-0.3, -0.25) is 4.98 Å². The highest BCUT2D eigenvalue weighted by Gasteiger charge is 2.18. The molecule has 6 heteroatoms. The quantitative estimate of drug-likeness (QED) is 0.612. The normalized spacial score (nSPS) is 13.0. The molecular weight excluding hydrogens is 382 g/mol. The highest BCUT2D eigenvalue weighted by atomic mass is 32.1. The summed E-state index contributed by atoms with van der Waals surface area (Å²) in [4.78, 5) is 6.58. The minimum absolute atomic E-state index is 0.103. The van der Waals surface area contributed by atoms with Gasteiger partial charge < -0.3 is 19.7 Å². The van der Waals surface area contributed by atoms with Gasteiger partial charge in [0.15, 0.2) is 16.6 Å².